The van der Waals surface area contributed by atoms with E-state index in [1.807, 2.05) is 11.9 Å². The summed E-state index contributed by atoms with van der Waals surface area (Å²) in [4.78, 5) is 16.6. The Labute approximate surface area is 124 Å². The molecule has 2 heterocycles. The van der Waals surface area contributed by atoms with Gasteiger partial charge in [-0.3, -0.25) is 9.69 Å². The van der Waals surface area contributed by atoms with Crippen LogP contribution in [0.15, 0.2) is 24.3 Å². The Morgan fingerprint density at radius 3 is 2.71 bits per heavy atom. The minimum absolute atomic E-state index is 0.104. The first kappa shape index (κ1) is 14.5. The summed E-state index contributed by atoms with van der Waals surface area (Å²) >= 11 is 0. The van der Waals surface area contributed by atoms with Gasteiger partial charge < -0.3 is 9.64 Å². The van der Waals surface area contributed by atoms with E-state index in [9.17, 15) is 9.18 Å². The molecule has 0 aromatic heterocycles. The van der Waals surface area contributed by atoms with Crippen LogP contribution in [0.4, 0.5) is 4.39 Å². The summed E-state index contributed by atoms with van der Waals surface area (Å²) in [5, 5.41) is 0. The number of carbonyl (C=O) groups is 1. The van der Waals surface area contributed by atoms with E-state index in [1.165, 1.54) is 12.1 Å². The standard InChI is InChI=1S/C16H21FN2O2/c1-18-8-9-19(16(20)15-3-2-10-21-15)11-14(18)12-4-6-13(17)7-5-12/h4-7,14-15H,2-3,8-11H2,1H3. The normalized spacial score (nSPS) is 27.0. The van der Waals surface area contributed by atoms with Crippen LogP contribution in [-0.2, 0) is 9.53 Å². The topological polar surface area (TPSA) is 32.8 Å². The predicted octanol–water partition coefficient (Wildman–Crippen LogP) is 1.82. The summed E-state index contributed by atoms with van der Waals surface area (Å²) in [5.41, 5.74) is 1.05. The first-order valence-electron chi connectivity index (χ1n) is 7.51. The molecule has 2 aliphatic rings. The monoisotopic (exact) mass is 292 g/mol. The molecule has 0 N–H and O–H groups in total. The second-order valence-electron chi connectivity index (χ2n) is 5.83. The molecule has 0 saturated carbocycles. The molecule has 2 aliphatic heterocycles. The molecule has 1 amide bonds. The Morgan fingerprint density at radius 2 is 2.05 bits per heavy atom. The third-order valence-corrected chi connectivity index (χ3v) is 4.42. The fourth-order valence-electron chi connectivity index (χ4n) is 3.09. The van der Waals surface area contributed by atoms with E-state index in [1.54, 1.807) is 12.1 Å². The van der Waals surface area contributed by atoms with Crippen LogP contribution >= 0.6 is 0 Å². The molecular formula is C16H21FN2O2. The van der Waals surface area contributed by atoms with Crippen molar-refractivity contribution >= 4 is 5.91 Å². The van der Waals surface area contributed by atoms with E-state index in [2.05, 4.69) is 4.90 Å². The Morgan fingerprint density at radius 1 is 1.29 bits per heavy atom. The fourth-order valence-corrected chi connectivity index (χ4v) is 3.09. The van der Waals surface area contributed by atoms with Crippen LogP contribution in [0.25, 0.3) is 0 Å². The maximum atomic E-state index is 13.1. The molecule has 3 rings (SSSR count). The molecule has 2 saturated heterocycles. The van der Waals surface area contributed by atoms with Gasteiger partial charge in [0.25, 0.3) is 5.91 Å². The van der Waals surface area contributed by atoms with Crippen LogP contribution in [0.1, 0.15) is 24.4 Å². The number of nitrogens with zero attached hydrogens (tertiary/aromatic N) is 2. The van der Waals surface area contributed by atoms with E-state index in [4.69, 9.17) is 4.74 Å². The van der Waals surface area contributed by atoms with Crippen molar-refractivity contribution in [1.82, 2.24) is 9.80 Å². The third-order valence-electron chi connectivity index (χ3n) is 4.42. The second kappa shape index (κ2) is 6.12. The molecule has 2 atom stereocenters. The van der Waals surface area contributed by atoms with E-state index < -0.39 is 0 Å². The number of hydrogen-bond donors (Lipinski definition) is 0. The van der Waals surface area contributed by atoms with Crippen molar-refractivity contribution in [1.29, 1.82) is 0 Å². The predicted molar refractivity (Wildman–Crippen MR) is 77.3 cm³/mol. The van der Waals surface area contributed by atoms with Crippen molar-refractivity contribution in [2.45, 2.75) is 25.0 Å². The zero-order valence-corrected chi connectivity index (χ0v) is 12.3. The van der Waals surface area contributed by atoms with Crippen molar-refractivity contribution in [3.8, 4) is 0 Å². The van der Waals surface area contributed by atoms with Gasteiger partial charge in [-0.05, 0) is 37.6 Å². The number of piperazine rings is 1. The third kappa shape index (κ3) is 3.09. The summed E-state index contributed by atoms with van der Waals surface area (Å²) in [6.45, 7) is 2.87. The van der Waals surface area contributed by atoms with Gasteiger partial charge in [-0.1, -0.05) is 12.1 Å². The number of hydrogen-bond acceptors (Lipinski definition) is 3. The highest BCUT2D eigenvalue weighted by Crippen LogP contribution is 2.26. The maximum Gasteiger partial charge on any atom is 0.251 e. The Bertz CT molecular complexity index is 500. The lowest BCUT2D eigenvalue weighted by Gasteiger charge is -2.40. The van der Waals surface area contributed by atoms with Crippen LogP contribution < -0.4 is 0 Å². The van der Waals surface area contributed by atoms with Crippen molar-refractivity contribution in [2.75, 3.05) is 33.3 Å². The number of likely N-dealkylation sites (N-methyl/N-ethyl adjacent to an activating group) is 1. The molecule has 114 valence electrons. The maximum absolute atomic E-state index is 13.1. The van der Waals surface area contributed by atoms with Crippen LogP contribution in [-0.4, -0.2) is 55.1 Å². The van der Waals surface area contributed by atoms with Crippen molar-refractivity contribution in [2.24, 2.45) is 0 Å². The lowest BCUT2D eigenvalue weighted by Crippen LogP contribution is -2.51. The number of carbonyl (C=O) groups excluding carboxylic acids is 1. The van der Waals surface area contributed by atoms with Gasteiger partial charge in [0.05, 0.1) is 6.04 Å². The lowest BCUT2D eigenvalue weighted by atomic mass is 10.0. The SMILES string of the molecule is CN1CCN(C(=O)C2CCCO2)CC1c1ccc(F)cc1. The molecule has 4 nitrogen and oxygen atoms in total. The van der Waals surface area contributed by atoms with Crippen molar-refractivity contribution < 1.29 is 13.9 Å². The summed E-state index contributed by atoms with van der Waals surface area (Å²) in [7, 11) is 2.04. The zero-order chi connectivity index (χ0) is 14.8. The number of rotatable bonds is 2. The smallest absolute Gasteiger partial charge is 0.251 e. The van der Waals surface area contributed by atoms with Crippen LogP contribution in [0.5, 0.6) is 0 Å². The van der Waals surface area contributed by atoms with Crippen LogP contribution in [0.3, 0.4) is 0 Å². The molecule has 0 aliphatic carbocycles. The molecule has 0 bridgehead atoms. The average molecular weight is 292 g/mol. The highest BCUT2D eigenvalue weighted by Gasteiger charge is 2.33. The van der Waals surface area contributed by atoms with Gasteiger partial charge in [0.1, 0.15) is 11.9 Å². The fraction of sp³-hybridized carbons (Fsp3) is 0.562. The van der Waals surface area contributed by atoms with E-state index in [0.717, 1.165) is 31.5 Å². The van der Waals surface area contributed by atoms with E-state index >= 15 is 0 Å². The molecule has 0 spiro atoms. The van der Waals surface area contributed by atoms with Gasteiger partial charge in [0.15, 0.2) is 0 Å². The minimum Gasteiger partial charge on any atom is -0.368 e. The van der Waals surface area contributed by atoms with Gasteiger partial charge >= 0.3 is 0 Å². The highest BCUT2D eigenvalue weighted by atomic mass is 19.1. The van der Waals surface area contributed by atoms with Gasteiger partial charge in [-0.2, -0.15) is 0 Å². The zero-order valence-electron chi connectivity index (χ0n) is 12.3. The van der Waals surface area contributed by atoms with Crippen LogP contribution in [0, 0.1) is 5.82 Å². The molecule has 21 heavy (non-hydrogen) atoms. The van der Waals surface area contributed by atoms with Gasteiger partial charge in [-0.15, -0.1) is 0 Å². The van der Waals surface area contributed by atoms with E-state index in [0.29, 0.717) is 13.2 Å². The molecular weight excluding hydrogens is 271 g/mol. The summed E-state index contributed by atoms with van der Waals surface area (Å²) in [5.74, 6) is -0.128. The summed E-state index contributed by atoms with van der Waals surface area (Å²) < 4.78 is 18.6. The van der Waals surface area contributed by atoms with Gasteiger partial charge in [0, 0.05) is 26.2 Å². The average Bonchev–Trinajstić information content (AvgIpc) is 3.02. The molecule has 2 unspecified atom stereocenters. The molecule has 1 aromatic rings. The summed E-state index contributed by atoms with van der Waals surface area (Å²) in [6, 6.07) is 6.67. The van der Waals surface area contributed by atoms with Crippen molar-refractivity contribution in [3.63, 3.8) is 0 Å². The van der Waals surface area contributed by atoms with Crippen molar-refractivity contribution in [3.05, 3.63) is 35.6 Å². The number of amides is 1. The van der Waals surface area contributed by atoms with Gasteiger partial charge in [0.2, 0.25) is 0 Å². The van der Waals surface area contributed by atoms with Gasteiger partial charge in [-0.25, -0.2) is 4.39 Å². The molecule has 0 radical (unpaired) electrons. The number of benzene rings is 1. The lowest BCUT2D eigenvalue weighted by molar-refractivity contribution is -0.143. The van der Waals surface area contributed by atoms with E-state index in [-0.39, 0.29) is 23.9 Å². The summed E-state index contributed by atoms with van der Waals surface area (Å²) in [6.07, 6.45) is 1.53. The highest BCUT2D eigenvalue weighted by molar-refractivity contribution is 5.81. The quantitative estimate of drug-likeness (QED) is 0.833. The first-order chi connectivity index (χ1) is 10.1. The Hall–Kier alpha value is -1.46. The Balaban J connectivity index is 1.72. The molecule has 5 heteroatoms. The molecule has 1 aromatic carbocycles. The second-order valence-corrected chi connectivity index (χ2v) is 5.83. The number of ether oxygens (including phenoxy) is 1. The van der Waals surface area contributed by atoms with Crippen LogP contribution in [0.2, 0.25) is 0 Å². The molecule has 2 fully saturated rings. The number of halogens is 1. The Kier molecular flexibility index (Phi) is 4.22. The minimum atomic E-state index is -0.262. The largest absolute Gasteiger partial charge is 0.368 e. The first-order valence-corrected chi connectivity index (χ1v) is 7.51.